The largest absolute Gasteiger partial charge is 0.465 e. The molecule has 1 aromatic rings. The zero-order chi connectivity index (χ0) is 11.7. The number of aromatic amines is 1. The molecule has 0 bridgehead atoms. The van der Waals surface area contributed by atoms with Gasteiger partial charge in [-0.05, 0) is 24.8 Å². The number of esters is 1. The molecule has 1 N–H and O–H groups in total. The number of pyridine rings is 1. The second-order valence-corrected chi connectivity index (χ2v) is 3.72. The number of H-pyrrole nitrogens is 1. The van der Waals surface area contributed by atoms with E-state index in [1.807, 2.05) is 0 Å². The fourth-order valence-electron chi connectivity index (χ4n) is 1.58. The molecule has 1 heterocycles. The van der Waals surface area contributed by atoms with Crippen molar-refractivity contribution in [3.63, 3.8) is 0 Å². The van der Waals surface area contributed by atoms with Crippen molar-refractivity contribution >= 4 is 5.97 Å². The summed E-state index contributed by atoms with van der Waals surface area (Å²) in [5.74, 6) is -0.339. The Kier molecular flexibility index (Phi) is 2.49. The first-order valence-electron chi connectivity index (χ1n) is 4.93. The Morgan fingerprint density at radius 2 is 2.31 bits per heavy atom. The molecule has 0 unspecified atom stereocenters. The van der Waals surface area contributed by atoms with E-state index in [1.165, 1.54) is 7.11 Å². The summed E-state index contributed by atoms with van der Waals surface area (Å²) >= 11 is 0. The molecule has 0 spiro atoms. The highest BCUT2D eigenvalue weighted by atomic mass is 16.5. The van der Waals surface area contributed by atoms with E-state index in [-0.39, 0.29) is 11.1 Å². The van der Waals surface area contributed by atoms with Crippen molar-refractivity contribution in [2.75, 3.05) is 7.11 Å². The van der Waals surface area contributed by atoms with Gasteiger partial charge in [0.2, 0.25) is 0 Å². The second kappa shape index (κ2) is 3.81. The third-order valence-electron chi connectivity index (χ3n) is 2.59. The maximum absolute atomic E-state index is 11.6. The highest BCUT2D eigenvalue weighted by Gasteiger charge is 2.27. The van der Waals surface area contributed by atoms with E-state index < -0.39 is 11.5 Å². The Morgan fingerprint density at radius 3 is 2.81 bits per heavy atom. The summed E-state index contributed by atoms with van der Waals surface area (Å²) in [6, 6.07) is 3.27. The smallest absolute Gasteiger partial charge is 0.339 e. The van der Waals surface area contributed by atoms with Crippen LogP contribution < -0.4 is 5.56 Å². The van der Waals surface area contributed by atoms with Gasteiger partial charge in [0.15, 0.2) is 0 Å². The van der Waals surface area contributed by atoms with Crippen molar-refractivity contribution in [2.45, 2.75) is 18.8 Å². The predicted octanol–water partition coefficient (Wildman–Crippen LogP) is 0.911. The van der Waals surface area contributed by atoms with Crippen LogP contribution in [0.3, 0.4) is 0 Å². The molecule has 0 radical (unpaired) electrons. The first-order valence-corrected chi connectivity index (χ1v) is 4.93. The highest BCUT2D eigenvalue weighted by Crippen LogP contribution is 2.38. The van der Waals surface area contributed by atoms with Crippen LogP contribution in [-0.2, 0) is 4.74 Å². The molecule has 0 atom stereocenters. The van der Waals surface area contributed by atoms with Crippen LogP contribution in [0.2, 0.25) is 0 Å². The standard InChI is InChI=1S/C11H10N2O3/c1-16-11(15)7-4-9(6-2-3-6)13-10(14)8(7)5-12/h4,6H,2-3H2,1H3,(H,13,14). The quantitative estimate of drug-likeness (QED) is 0.748. The Balaban J connectivity index is 2.59. The maximum atomic E-state index is 11.6. The summed E-state index contributed by atoms with van der Waals surface area (Å²) in [6.07, 6.45) is 2.00. The molecule has 16 heavy (non-hydrogen) atoms. The van der Waals surface area contributed by atoms with Gasteiger partial charge in [-0.2, -0.15) is 5.26 Å². The van der Waals surface area contributed by atoms with E-state index >= 15 is 0 Å². The zero-order valence-corrected chi connectivity index (χ0v) is 8.74. The van der Waals surface area contributed by atoms with Gasteiger partial charge in [0.1, 0.15) is 11.6 Å². The topological polar surface area (TPSA) is 83.0 Å². The molecule has 1 aromatic heterocycles. The Morgan fingerprint density at radius 1 is 1.62 bits per heavy atom. The van der Waals surface area contributed by atoms with E-state index in [2.05, 4.69) is 9.72 Å². The van der Waals surface area contributed by atoms with Crippen LogP contribution in [-0.4, -0.2) is 18.1 Å². The van der Waals surface area contributed by atoms with Gasteiger partial charge >= 0.3 is 5.97 Å². The fraction of sp³-hybridized carbons (Fsp3) is 0.364. The van der Waals surface area contributed by atoms with E-state index in [4.69, 9.17) is 5.26 Å². The fourth-order valence-corrected chi connectivity index (χ4v) is 1.58. The number of carbonyl (C=O) groups is 1. The average Bonchev–Trinajstić information content (AvgIpc) is 3.10. The molecule has 2 rings (SSSR count). The van der Waals surface area contributed by atoms with Crippen LogP contribution in [0.5, 0.6) is 0 Å². The number of nitriles is 1. The number of hydrogen-bond acceptors (Lipinski definition) is 4. The van der Waals surface area contributed by atoms with Gasteiger partial charge in [0.25, 0.3) is 5.56 Å². The van der Waals surface area contributed by atoms with Crippen LogP contribution in [0, 0.1) is 11.3 Å². The van der Waals surface area contributed by atoms with Crippen LogP contribution in [0.15, 0.2) is 10.9 Å². The van der Waals surface area contributed by atoms with Gasteiger partial charge < -0.3 is 9.72 Å². The van der Waals surface area contributed by atoms with Crippen molar-refractivity contribution in [2.24, 2.45) is 0 Å². The summed E-state index contributed by atoms with van der Waals surface area (Å²) in [6.45, 7) is 0. The third kappa shape index (κ3) is 1.70. The first-order chi connectivity index (χ1) is 7.67. The molecule has 1 saturated carbocycles. The molecule has 1 aliphatic carbocycles. The molecule has 0 aliphatic heterocycles. The molecule has 5 nitrogen and oxygen atoms in total. The number of hydrogen-bond donors (Lipinski definition) is 1. The van der Waals surface area contributed by atoms with E-state index in [0.717, 1.165) is 12.8 Å². The van der Waals surface area contributed by atoms with Crippen LogP contribution in [0.1, 0.15) is 40.4 Å². The minimum Gasteiger partial charge on any atom is -0.465 e. The SMILES string of the molecule is COC(=O)c1cc(C2CC2)[nH]c(=O)c1C#N. The highest BCUT2D eigenvalue weighted by molar-refractivity contribution is 5.92. The number of nitrogens with one attached hydrogen (secondary N) is 1. The molecule has 0 amide bonds. The van der Waals surface area contributed by atoms with Crippen LogP contribution in [0.4, 0.5) is 0 Å². The monoisotopic (exact) mass is 218 g/mol. The predicted molar refractivity (Wildman–Crippen MR) is 55.1 cm³/mol. The maximum Gasteiger partial charge on any atom is 0.339 e. The number of ether oxygens (including phenoxy) is 1. The van der Waals surface area contributed by atoms with Gasteiger partial charge in [-0.3, -0.25) is 4.79 Å². The summed E-state index contributed by atoms with van der Waals surface area (Å²) in [5.41, 5.74) is 0.0589. The minimum absolute atomic E-state index is 0.0515. The van der Waals surface area contributed by atoms with Gasteiger partial charge in [0.05, 0.1) is 12.7 Å². The summed E-state index contributed by atoms with van der Waals surface area (Å²) in [7, 11) is 1.22. The summed E-state index contributed by atoms with van der Waals surface area (Å²) in [4.78, 5) is 25.6. The van der Waals surface area contributed by atoms with E-state index in [1.54, 1.807) is 12.1 Å². The zero-order valence-electron chi connectivity index (χ0n) is 8.74. The second-order valence-electron chi connectivity index (χ2n) is 3.72. The lowest BCUT2D eigenvalue weighted by molar-refractivity contribution is 0.0600. The number of carbonyl (C=O) groups excluding carboxylic acids is 1. The molecular formula is C11H10N2O3. The summed E-state index contributed by atoms with van der Waals surface area (Å²) < 4.78 is 4.55. The molecule has 1 fully saturated rings. The number of rotatable bonds is 2. The normalized spacial score (nSPS) is 14.2. The van der Waals surface area contributed by atoms with Crippen LogP contribution in [0.25, 0.3) is 0 Å². The van der Waals surface area contributed by atoms with Gasteiger partial charge in [-0.15, -0.1) is 0 Å². The lowest BCUT2D eigenvalue weighted by atomic mass is 10.1. The minimum atomic E-state index is -0.649. The van der Waals surface area contributed by atoms with Gasteiger partial charge in [0, 0.05) is 5.69 Å². The molecule has 0 aromatic carbocycles. The number of aromatic nitrogens is 1. The Bertz CT molecular complexity index is 535. The number of nitrogens with zero attached hydrogens (tertiary/aromatic N) is 1. The lowest BCUT2D eigenvalue weighted by Gasteiger charge is -2.04. The van der Waals surface area contributed by atoms with Gasteiger partial charge in [-0.25, -0.2) is 4.79 Å². The Labute approximate surface area is 91.7 Å². The summed E-state index contributed by atoms with van der Waals surface area (Å²) in [5, 5.41) is 8.81. The molecule has 82 valence electrons. The van der Waals surface area contributed by atoms with Crippen molar-refractivity contribution in [3.05, 3.63) is 33.2 Å². The van der Waals surface area contributed by atoms with Gasteiger partial charge in [-0.1, -0.05) is 0 Å². The van der Waals surface area contributed by atoms with E-state index in [0.29, 0.717) is 11.6 Å². The average molecular weight is 218 g/mol. The van der Waals surface area contributed by atoms with Crippen molar-refractivity contribution in [3.8, 4) is 6.07 Å². The first kappa shape index (κ1) is 10.4. The molecule has 0 saturated heterocycles. The van der Waals surface area contributed by atoms with E-state index in [9.17, 15) is 9.59 Å². The van der Waals surface area contributed by atoms with Crippen LogP contribution >= 0.6 is 0 Å². The molecule has 1 aliphatic rings. The van der Waals surface area contributed by atoms with Crippen molar-refractivity contribution in [1.82, 2.24) is 4.98 Å². The molecule has 5 heteroatoms. The number of methoxy groups -OCH3 is 1. The Hall–Kier alpha value is -2.09. The van der Waals surface area contributed by atoms with Crippen molar-refractivity contribution < 1.29 is 9.53 Å². The lowest BCUT2D eigenvalue weighted by Crippen LogP contribution is -2.18. The van der Waals surface area contributed by atoms with Crippen molar-refractivity contribution in [1.29, 1.82) is 5.26 Å². The third-order valence-corrected chi connectivity index (χ3v) is 2.59. The molecular weight excluding hydrogens is 208 g/mol.